The molecule has 154 valence electrons. The largest absolute Gasteiger partial charge is 0.460 e. The number of alkyl carbamates (subject to hydrolysis) is 1. The lowest BCUT2D eigenvalue weighted by Crippen LogP contribution is -2.46. The third-order valence-electron chi connectivity index (χ3n) is 4.89. The van der Waals surface area contributed by atoms with E-state index in [1.54, 1.807) is 0 Å². The van der Waals surface area contributed by atoms with Gasteiger partial charge in [-0.2, -0.15) is 0 Å². The van der Waals surface area contributed by atoms with Gasteiger partial charge in [0.1, 0.15) is 11.7 Å². The predicted molar refractivity (Wildman–Crippen MR) is 111 cm³/mol. The molecule has 0 aromatic heterocycles. The molecule has 5 nitrogen and oxygen atoms in total. The first-order valence-corrected chi connectivity index (χ1v) is 10.1. The number of cyclic esters (lactones) is 1. The lowest BCUT2D eigenvalue weighted by Gasteiger charge is -2.26. The minimum Gasteiger partial charge on any atom is -0.460 e. The second-order valence-electron chi connectivity index (χ2n) is 8.54. The molecule has 1 N–H and O–H groups in total. The first-order valence-electron chi connectivity index (χ1n) is 10.1. The van der Waals surface area contributed by atoms with Crippen molar-refractivity contribution in [3.8, 4) is 0 Å². The van der Waals surface area contributed by atoms with E-state index in [2.05, 4.69) is 5.32 Å². The highest BCUT2D eigenvalue weighted by Crippen LogP contribution is 2.28. The van der Waals surface area contributed by atoms with E-state index in [-0.39, 0.29) is 24.0 Å². The normalized spacial score (nSPS) is 20.0. The molecule has 0 radical (unpaired) electrons. The molecule has 0 saturated carbocycles. The Morgan fingerprint density at radius 1 is 1.07 bits per heavy atom. The topological polar surface area (TPSA) is 64.6 Å². The van der Waals surface area contributed by atoms with Gasteiger partial charge >= 0.3 is 12.1 Å². The van der Waals surface area contributed by atoms with Crippen LogP contribution in [0.3, 0.4) is 0 Å². The van der Waals surface area contributed by atoms with Crippen LogP contribution in [0.25, 0.3) is 0 Å². The number of carbonyl (C=O) groups excluding carboxylic acids is 2. The Morgan fingerprint density at radius 2 is 1.66 bits per heavy atom. The quantitative estimate of drug-likeness (QED) is 0.741. The summed E-state index contributed by atoms with van der Waals surface area (Å²) in [6, 6.07) is 19.4. The highest BCUT2D eigenvalue weighted by Gasteiger charge is 2.39. The molecule has 1 unspecified atom stereocenters. The second-order valence-corrected chi connectivity index (χ2v) is 8.54. The van der Waals surface area contributed by atoms with Gasteiger partial charge in [-0.25, -0.2) is 4.79 Å². The molecule has 2 aromatic carbocycles. The minimum atomic E-state index is -0.594. The Balaban J connectivity index is 1.71. The smallest absolute Gasteiger partial charge is 0.408 e. The Kier molecular flexibility index (Phi) is 6.57. The molecule has 5 heteroatoms. The van der Waals surface area contributed by atoms with Crippen LogP contribution in [0.2, 0.25) is 0 Å². The van der Waals surface area contributed by atoms with E-state index in [1.807, 2.05) is 81.4 Å². The van der Waals surface area contributed by atoms with Gasteiger partial charge in [-0.15, -0.1) is 0 Å². The molecule has 1 aliphatic heterocycles. The lowest BCUT2D eigenvalue weighted by molar-refractivity contribution is -0.145. The van der Waals surface area contributed by atoms with Crippen LogP contribution >= 0.6 is 0 Å². The number of nitrogens with one attached hydrogen (secondary N) is 1. The van der Waals surface area contributed by atoms with Crippen LogP contribution in [0.1, 0.15) is 38.3 Å². The number of amides is 1. The van der Waals surface area contributed by atoms with Crippen LogP contribution in [-0.2, 0) is 27.1 Å². The third kappa shape index (κ3) is 6.34. The van der Waals surface area contributed by atoms with Crippen LogP contribution in [0.4, 0.5) is 4.79 Å². The van der Waals surface area contributed by atoms with E-state index < -0.39 is 11.7 Å². The predicted octanol–water partition coefficient (Wildman–Crippen LogP) is 4.30. The molecule has 3 atom stereocenters. The SMILES string of the molecule is CC(C)(C)OC(=O)N[C@@H](Cc1ccccc1)[C@H]1CC(Cc2ccccc2)C(=O)O1. The highest BCUT2D eigenvalue weighted by molar-refractivity contribution is 5.75. The van der Waals surface area contributed by atoms with Crippen molar-refractivity contribution in [2.75, 3.05) is 0 Å². The van der Waals surface area contributed by atoms with Gasteiger partial charge in [0.2, 0.25) is 0 Å². The Hall–Kier alpha value is -2.82. The molecule has 29 heavy (non-hydrogen) atoms. The molecule has 0 spiro atoms. The molecule has 3 rings (SSSR count). The molecule has 1 amide bonds. The molecule has 1 saturated heterocycles. The summed E-state index contributed by atoms with van der Waals surface area (Å²) in [5, 5.41) is 2.93. The number of ether oxygens (including phenoxy) is 2. The summed E-state index contributed by atoms with van der Waals surface area (Å²) in [5.74, 6) is -0.413. The summed E-state index contributed by atoms with van der Waals surface area (Å²) in [7, 11) is 0. The summed E-state index contributed by atoms with van der Waals surface area (Å²) in [6.07, 6.45) is 0.891. The average Bonchev–Trinajstić information content (AvgIpc) is 3.02. The van der Waals surface area contributed by atoms with E-state index in [1.165, 1.54) is 0 Å². The van der Waals surface area contributed by atoms with E-state index in [9.17, 15) is 9.59 Å². The average molecular weight is 395 g/mol. The summed E-state index contributed by atoms with van der Waals surface area (Å²) in [4.78, 5) is 24.9. The fourth-order valence-electron chi connectivity index (χ4n) is 3.58. The van der Waals surface area contributed by atoms with Crippen molar-refractivity contribution in [3.63, 3.8) is 0 Å². The lowest BCUT2D eigenvalue weighted by atomic mass is 9.92. The first kappa shape index (κ1) is 20.9. The van der Waals surface area contributed by atoms with Crippen LogP contribution in [0.15, 0.2) is 60.7 Å². The number of hydrogen-bond acceptors (Lipinski definition) is 4. The maximum absolute atomic E-state index is 12.5. The number of hydrogen-bond donors (Lipinski definition) is 1. The van der Waals surface area contributed by atoms with Gasteiger partial charge in [-0.3, -0.25) is 4.79 Å². The maximum atomic E-state index is 12.5. The van der Waals surface area contributed by atoms with E-state index >= 15 is 0 Å². The van der Waals surface area contributed by atoms with Crippen molar-refractivity contribution in [2.24, 2.45) is 5.92 Å². The second kappa shape index (κ2) is 9.12. The molecule has 0 bridgehead atoms. The molecule has 1 fully saturated rings. The third-order valence-corrected chi connectivity index (χ3v) is 4.89. The molecular weight excluding hydrogens is 366 g/mol. The number of rotatable bonds is 6. The van der Waals surface area contributed by atoms with Gasteiger partial charge in [0.05, 0.1) is 12.0 Å². The number of esters is 1. The fourth-order valence-corrected chi connectivity index (χ4v) is 3.58. The Morgan fingerprint density at radius 3 is 2.24 bits per heavy atom. The first-order chi connectivity index (χ1) is 13.8. The van der Waals surface area contributed by atoms with E-state index in [0.717, 1.165) is 11.1 Å². The van der Waals surface area contributed by atoms with Crippen molar-refractivity contribution in [1.82, 2.24) is 5.32 Å². The molecule has 1 aliphatic rings. The summed E-state index contributed by atoms with van der Waals surface area (Å²) in [6.45, 7) is 5.47. The van der Waals surface area contributed by atoms with Crippen molar-refractivity contribution < 1.29 is 19.1 Å². The van der Waals surface area contributed by atoms with E-state index in [0.29, 0.717) is 19.3 Å². The van der Waals surface area contributed by atoms with Crippen LogP contribution < -0.4 is 5.32 Å². The molecule has 2 aromatic rings. The summed E-state index contributed by atoms with van der Waals surface area (Å²) >= 11 is 0. The minimum absolute atomic E-state index is 0.206. The molecule has 1 heterocycles. The van der Waals surface area contributed by atoms with Crippen LogP contribution in [0, 0.1) is 5.92 Å². The maximum Gasteiger partial charge on any atom is 0.408 e. The van der Waals surface area contributed by atoms with Gasteiger partial charge in [0.15, 0.2) is 0 Å². The van der Waals surface area contributed by atoms with E-state index in [4.69, 9.17) is 9.47 Å². The van der Waals surface area contributed by atoms with Crippen molar-refractivity contribution in [1.29, 1.82) is 0 Å². The monoisotopic (exact) mass is 395 g/mol. The van der Waals surface area contributed by atoms with Crippen LogP contribution in [0.5, 0.6) is 0 Å². The summed E-state index contributed by atoms with van der Waals surface area (Å²) in [5.41, 5.74) is 1.58. The fraction of sp³-hybridized carbons (Fsp3) is 0.417. The molecule has 0 aliphatic carbocycles. The number of carbonyl (C=O) groups is 2. The van der Waals surface area contributed by atoms with Gasteiger partial charge in [0.25, 0.3) is 0 Å². The zero-order valence-electron chi connectivity index (χ0n) is 17.3. The zero-order chi connectivity index (χ0) is 20.9. The van der Waals surface area contributed by atoms with Gasteiger partial charge < -0.3 is 14.8 Å². The van der Waals surface area contributed by atoms with Gasteiger partial charge in [-0.05, 0) is 44.7 Å². The Labute approximate surface area is 172 Å². The van der Waals surface area contributed by atoms with Gasteiger partial charge in [-0.1, -0.05) is 60.7 Å². The highest BCUT2D eigenvalue weighted by atomic mass is 16.6. The van der Waals surface area contributed by atoms with Crippen molar-refractivity contribution in [2.45, 2.75) is 57.8 Å². The zero-order valence-corrected chi connectivity index (χ0v) is 17.3. The molecular formula is C24H29NO4. The van der Waals surface area contributed by atoms with Crippen LogP contribution in [-0.4, -0.2) is 29.8 Å². The number of benzene rings is 2. The standard InChI is InChI=1S/C24H29NO4/c1-24(2,3)29-23(27)25-20(15-18-12-8-5-9-13-18)21-16-19(22(26)28-21)14-17-10-6-4-7-11-17/h4-13,19-21H,14-16H2,1-3H3,(H,25,27)/t19?,20-,21+/m0/s1. The Bertz CT molecular complexity index is 814. The van der Waals surface area contributed by atoms with Crippen molar-refractivity contribution >= 4 is 12.1 Å². The van der Waals surface area contributed by atoms with Gasteiger partial charge in [0, 0.05) is 6.42 Å². The summed E-state index contributed by atoms with van der Waals surface area (Å²) < 4.78 is 11.1. The van der Waals surface area contributed by atoms with Crippen molar-refractivity contribution in [3.05, 3.63) is 71.8 Å².